The summed E-state index contributed by atoms with van der Waals surface area (Å²) in [4.78, 5) is 14.1. The van der Waals surface area contributed by atoms with Crippen LogP contribution >= 0.6 is 24.0 Å². The number of nitrogens with zero attached hydrogens (tertiary/aromatic N) is 1. The van der Waals surface area contributed by atoms with Crippen LogP contribution in [0.4, 0.5) is 0 Å². The van der Waals surface area contributed by atoms with Gasteiger partial charge in [-0.15, -0.1) is 12.4 Å². The predicted molar refractivity (Wildman–Crippen MR) is 96.4 cm³/mol. The Balaban J connectivity index is 0.00000264. The van der Waals surface area contributed by atoms with Crippen LogP contribution in [0.1, 0.15) is 32.6 Å². The van der Waals surface area contributed by atoms with E-state index >= 15 is 0 Å². The van der Waals surface area contributed by atoms with Gasteiger partial charge < -0.3 is 15.4 Å². The first-order valence-electron chi connectivity index (χ1n) is 7.98. The van der Waals surface area contributed by atoms with Crippen molar-refractivity contribution in [2.24, 2.45) is 11.7 Å². The number of para-hydroxylation sites is 1. The fourth-order valence-corrected chi connectivity index (χ4v) is 2.99. The molecule has 130 valence electrons. The Bertz CT molecular complexity index is 489. The van der Waals surface area contributed by atoms with Gasteiger partial charge in [-0.25, -0.2) is 0 Å². The Morgan fingerprint density at radius 2 is 2.04 bits per heavy atom. The highest BCUT2D eigenvalue weighted by Crippen LogP contribution is 2.23. The van der Waals surface area contributed by atoms with Crippen molar-refractivity contribution in [2.45, 2.75) is 38.6 Å². The van der Waals surface area contributed by atoms with E-state index in [0.29, 0.717) is 36.1 Å². The summed E-state index contributed by atoms with van der Waals surface area (Å²) in [6, 6.07) is 7.61. The molecule has 1 aliphatic heterocycles. The van der Waals surface area contributed by atoms with Crippen molar-refractivity contribution in [3.63, 3.8) is 0 Å². The molecule has 0 aliphatic carbocycles. The van der Waals surface area contributed by atoms with Gasteiger partial charge in [-0.3, -0.25) is 4.79 Å². The topological polar surface area (TPSA) is 55.6 Å². The van der Waals surface area contributed by atoms with Gasteiger partial charge in [-0.05, 0) is 44.2 Å². The molecule has 0 aromatic heterocycles. The normalized spacial score (nSPS) is 16.6. The maximum atomic E-state index is 12.2. The maximum Gasteiger partial charge on any atom is 0.222 e. The lowest BCUT2D eigenvalue weighted by molar-refractivity contribution is -0.132. The summed E-state index contributed by atoms with van der Waals surface area (Å²) < 4.78 is 5.60. The fraction of sp³-hybridized carbons (Fsp3) is 0.588. The number of nitrogens with two attached hydrogens (primary N) is 1. The zero-order valence-corrected chi connectivity index (χ0v) is 15.1. The lowest BCUT2D eigenvalue weighted by Gasteiger charge is -2.33. The molecule has 1 unspecified atom stereocenters. The van der Waals surface area contributed by atoms with Gasteiger partial charge >= 0.3 is 0 Å². The number of amides is 1. The summed E-state index contributed by atoms with van der Waals surface area (Å²) in [5, 5.41) is 0.604. The van der Waals surface area contributed by atoms with Gasteiger partial charge in [0.25, 0.3) is 0 Å². The Hall–Kier alpha value is -0.970. The van der Waals surface area contributed by atoms with Crippen molar-refractivity contribution in [3.8, 4) is 5.75 Å². The summed E-state index contributed by atoms with van der Waals surface area (Å²) in [6.07, 6.45) is 3.25. The molecule has 0 bridgehead atoms. The van der Waals surface area contributed by atoms with E-state index in [-0.39, 0.29) is 24.4 Å². The van der Waals surface area contributed by atoms with Gasteiger partial charge in [-0.1, -0.05) is 23.7 Å². The van der Waals surface area contributed by atoms with E-state index in [1.165, 1.54) is 0 Å². The minimum atomic E-state index is 0. The van der Waals surface area contributed by atoms with Crippen LogP contribution in [0.5, 0.6) is 5.75 Å². The molecule has 1 saturated heterocycles. The fourth-order valence-electron chi connectivity index (χ4n) is 2.80. The van der Waals surface area contributed by atoms with Crippen molar-refractivity contribution in [3.05, 3.63) is 29.3 Å². The Morgan fingerprint density at radius 3 is 2.65 bits per heavy atom. The first-order valence-corrected chi connectivity index (χ1v) is 8.36. The average Bonchev–Trinajstić information content (AvgIpc) is 2.53. The van der Waals surface area contributed by atoms with Crippen molar-refractivity contribution in [2.75, 3.05) is 19.7 Å². The van der Waals surface area contributed by atoms with Crippen LogP contribution in [-0.2, 0) is 4.79 Å². The van der Waals surface area contributed by atoms with E-state index in [4.69, 9.17) is 22.1 Å². The number of ether oxygens (including phenoxy) is 1. The molecule has 1 atom stereocenters. The third kappa shape index (κ3) is 6.21. The Morgan fingerprint density at radius 1 is 1.39 bits per heavy atom. The molecule has 0 spiro atoms. The van der Waals surface area contributed by atoms with Crippen LogP contribution < -0.4 is 10.5 Å². The molecule has 1 aromatic rings. The Kier molecular flexibility index (Phi) is 8.74. The number of halogens is 2. The number of rotatable bonds is 6. The molecule has 4 nitrogen and oxygen atoms in total. The van der Waals surface area contributed by atoms with Gasteiger partial charge in [0, 0.05) is 25.6 Å². The van der Waals surface area contributed by atoms with Crippen LogP contribution in [0, 0.1) is 5.92 Å². The molecule has 23 heavy (non-hydrogen) atoms. The van der Waals surface area contributed by atoms with Crippen molar-refractivity contribution in [1.29, 1.82) is 0 Å². The van der Waals surface area contributed by atoms with Gasteiger partial charge in [-0.2, -0.15) is 0 Å². The third-order valence-electron chi connectivity index (χ3n) is 4.27. The summed E-state index contributed by atoms with van der Waals surface area (Å²) in [5.41, 5.74) is 5.92. The average molecular weight is 361 g/mol. The highest BCUT2D eigenvalue weighted by atomic mass is 35.5. The maximum absolute atomic E-state index is 12.2. The molecule has 1 aliphatic rings. The summed E-state index contributed by atoms with van der Waals surface area (Å²) >= 11 is 6.02. The van der Waals surface area contributed by atoms with Crippen LogP contribution in [0.2, 0.25) is 5.02 Å². The third-order valence-corrected chi connectivity index (χ3v) is 4.58. The summed E-state index contributed by atoms with van der Waals surface area (Å²) in [5.74, 6) is 1.44. The van der Waals surface area contributed by atoms with Gasteiger partial charge in [0.05, 0.1) is 11.6 Å². The van der Waals surface area contributed by atoms with Gasteiger partial charge in [0.1, 0.15) is 5.75 Å². The van der Waals surface area contributed by atoms with Crippen LogP contribution in [0.3, 0.4) is 0 Å². The second-order valence-electron chi connectivity index (χ2n) is 5.96. The molecular formula is C17H26Cl2N2O2. The van der Waals surface area contributed by atoms with E-state index in [9.17, 15) is 4.79 Å². The number of carbonyl (C=O) groups excluding carboxylic acids is 1. The Labute approximate surface area is 149 Å². The molecule has 0 radical (unpaired) electrons. The van der Waals surface area contributed by atoms with E-state index in [2.05, 4.69) is 0 Å². The van der Waals surface area contributed by atoms with E-state index in [1.54, 1.807) is 6.07 Å². The number of hydrogen-bond donors (Lipinski definition) is 1. The van der Waals surface area contributed by atoms with E-state index in [0.717, 1.165) is 25.9 Å². The largest absolute Gasteiger partial charge is 0.492 e. The lowest BCUT2D eigenvalue weighted by Crippen LogP contribution is -2.42. The predicted octanol–water partition coefficient (Wildman–Crippen LogP) is 3.51. The highest BCUT2D eigenvalue weighted by molar-refractivity contribution is 6.32. The summed E-state index contributed by atoms with van der Waals surface area (Å²) in [7, 11) is 0. The second-order valence-corrected chi connectivity index (χ2v) is 6.37. The van der Waals surface area contributed by atoms with Crippen LogP contribution in [-0.4, -0.2) is 36.5 Å². The zero-order valence-electron chi connectivity index (χ0n) is 13.5. The number of hydrogen-bond acceptors (Lipinski definition) is 3. The molecule has 1 amide bonds. The smallest absolute Gasteiger partial charge is 0.222 e. The summed E-state index contributed by atoms with van der Waals surface area (Å²) in [6.45, 7) is 4.22. The molecule has 1 fully saturated rings. The number of piperidine rings is 1. The van der Waals surface area contributed by atoms with Crippen molar-refractivity contribution >= 4 is 29.9 Å². The van der Waals surface area contributed by atoms with Crippen molar-refractivity contribution < 1.29 is 9.53 Å². The molecule has 6 heteroatoms. The molecule has 2 rings (SSSR count). The minimum Gasteiger partial charge on any atom is -0.492 e. The molecule has 1 aromatic carbocycles. The van der Waals surface area contributed by atoms with E-state index < -0.39 is 0 Å². The van der Waals surface area contributed by atoms with Crippen molar-refractivity contribution in [1.82, 2.24) is 4.90 Å². The van der Waals surface area contributed by atoms with E-state index in [1.807, 2.05) is 30.0 Å². The first kappa shape index (κ1) is 20.1. The van der Waals surface area contributed by atoms with Gasteiger partial charge in [0.2, 0.25) is 5.91 Å². The zero-order chi connectivity index (χ0) is 15.9. The minimum absolute atomic E-state index is 0. The standard InChI is InChI=1S/C17H25ClN2O2.ClH/c1-13(19)14-8-10-20(11-9-14)17(21)7-4-12-22-16-6-3-2-5-15(16)18;/h2-3,5-6,13-14H,4,7-12,19H2,1H3;1H. The molecular weight excluding hydrogens is 335 g/mol. The lowest BCUT2D eigenvalue weighted by atomic mass is 9.91. The quantitative estimate of drug-likeness (QED) is 0.789. The molecule has 0 saturated carbocycles. The number of carbonyl (C=O) groups is 1. The number of likely N-dealkylation sites (tertiary alicyclic amines) is 1. The van der Waals surface area contributed by atoms with Gasteiger partial charge in [0.15, 0.2) is 0 Å². The van der Waals surface area contributed by atoms with Crippen LogP contribution in [0.15, 0.2) is 24.3 Å². The monoisotopic (exact) mass is 360 g/mol. The number of benzene rings is 1. The molecule has 2 N–H and O–H groups in total. The SMILES string of the molecule is CC(N)C1CCN(C(=O)CCCOc2ccccc2Cl)CC1.Cl. The second kappa shape index (κ2) is 10.0. The highest BCUT2D eigenvalue weighted by Gasteiger charge is 2.24. The van der Waals surface area contributed by atoms with Crippen LogP contribution in [0.25, 0.3) is 0 Å². The first-order chi connectivity index (χ1) is 10.6. The molecule has 1 heterocycles.